The van der Waals surface area contributed by atoms with E-state index >= 15 is 0 Å². The van der Waals surface area contributed by atoms with Gasteiger partial charge in [-0.2, -0.15) is 0 Å². The van der Waals surface area contributed by atoms with Gasteiger partial charge >= 0.3 is 0 Å². The molecule has 2 aromatic rings. The fourth-order valence-corrected chi connectivity index (χ4v) is 3.62. The molecular formula is C15H18N2OS. The highest BCUT2D eigenvalue weighted by Crippen LogP contribution is 2.27. The van der Waals surface area contributed by atoms with Gasteiger partial charge in [-0.3, -0.25) is 4.79 Å². The fraction of sp³-hybridized carbons (Fsp3) is 0.400. The van der Waals surface area contributed by atoms with Gasteiger partial charge < -0.3 is 10.6 Å². The van der Waals surface area contributed by atoms with Crippen molar-refractivity contribution >= 4 is 27.3 Å². The van der Waals surface area contributed by atoms with Gasteiger partial charge in [-0.05, 0) is 29.9 Å². The van der Waals surface area contributed by atoms with Crippen LogP contribution in [0.4, 0.5) is 0 Å². The highest BCUT2D eigenvalue weighted by Gasteiger charge is 2.27. The van der Waals surface area contributed by atoms with Crippen molar-refractivity contribution in [1.82, 2.24) is 4.90 Å². The zero-order chi connectivity index (χ0) is 13.4. The maximum absolute atomic E-state index is 12.5. The molecule has 1 fully saturated rings. The van der Waals surface area contributed by atoms with Crippen LogP contribution in [0.2, 0.25) is 0 Å². The fourth-order valence-electron chi connectivity index (χ4n) is 2.59. The van der Waals surface area contributed by atoms with Crippen LogP contribution in [0.1, 0.15) is 23.0 Å². The predicted molar refractivity (Wildman–Crippen MR) is 79.5 cm³/mol. The Balaban J connectivity index is 1.83. The Hall–Kier alpha value is -1.39. The van der Waals surface area contributed by atoms with Gasteiger partial charge in [-0.15, -0.1) is 11.3 Å². The van der Waals surface area contributed by atoms with Crippen molar-refractivity contribution in [1.29, 1.82) is 0 Å². The van der Waals surface area contributed by atoms with Crippen molar-refractivity contribution in [3.05, 3.63) is 35.2 Å². The maximum Gasteiger partial charge on any atom is 0.263 e. The van der Waals surface area contributed by atoms with E-state index in [9.17, 15) is 4.79 Å². The van der Waals surface area contributed by atoms with Gasteiger partial charge in [0.1, 0.15) is 0 Å². The molecule has 1 aliphatic rings. The second kappa shape index (κ2) is 4.94. The molecule has 1 aromatic carbocycles. The number of carbonyl (C=O) groups excluding carboxylic acids is 1. The van der Waals surface area contributed by atoms with Gasteiger partial charge in [-0.25, -0.2) is 0 Å². The molecule has 100 valence electrons. The van der Waals surface area contributed by atoms with E-state index in [1.807, 2.05) is 23.1 Å². The average molecular weight is 274 g/mol. The molecule has 0 bridgehead atoms. The number of thiophene rings is 1. The first-order chi connectivity index (χ1) is 9.15. The smallest absolute Gasteiger partial charge is 0.263 e. The molecule has 3 rings (SSSR count). The van der Waals surface area contributed by atoms with Gasteiger partial charge in [0.2, 0.25) is 0 Å². The van der Waals surface area contributed by atoms with Crippen LogP contribution in [-0.4, -0.2) is 29.9 Å². The van der Waals surface area contributed by atoms with Crippen molar-refractivity contribution in [2.24, 2.45) is 11.7 Å². The molecule has 1 aliphatic heterocycles. The number of nitrogens with zero attached hydrogens (tertiary/aromatic N) is 1. The quantitative estimate of drug-likeness (QED) is 0.869. The summed E-state index contributed by atoms with van der Waals surface area (Å²) in [7, 11) is 0. The summed E-state index contributed by atoms with van der Waals surface area (Å²) in [5, 5.41) is 1.15. The van der Waals surface area contributed by atoms with E-state index in [4.69, 9.17) is 5.73 Å². The third-order valence-electron chi connectivity index (χ3n) is 3.90. The van der Waals surface area contributed by atoms with Gasteiger partial charge in [0, 0.05) is 23.8 Å². The minimum absolute atomic E-state index is 0.153. The largest absolute Gasteiger partial charge is 0.338 e. The lowest BCUT2D eigenvalue weighted by Crippen LogP contribution is -2.48. The van der Waals surface area contributed by atoms with Crippen LogP contribution >= 0.6 is 11.3 Å². The van der Waals surface area contributed by atoms with Gasteiger partial charge in [0.25, 0.3) is 5.91 Å². The van der Waals surface area contributed by atoms with E-state index in [0.717, 1.165) is 29.8 Å². The van der Waals surface area contributed by atoms with Crippen LogP contribution in [0.15, 0.2) is 30.3 Å². The molecular weight excluding hydrogens is 256 g/mol. The Morgan fingerprint density at radius 2 is 2.21 bits per heavy atom. The Bertz CT molecular complexity index is 574. The molecule has 4 heteroatoms. The lowest BCUT2D eigenvalue weighted by molar-refractivity contribution is 0.0669. The van der Waals surface area contributed by atoms with E-state index in [1.54, 1.807) is 11.3 Å². The van der Waals surface area contributed by atoms with Gasteiger partial charge in [-0.1, -0.05) is 25.1 Å². The Labute approximate surface area is 117 Å². The molecule has 2 N–H and O–H groups in total. The molecule has 2 atom stereocenters. The number of piperidine rings is 1. The van der Waals surface area contributed by atoms with Crippen LogP contribution < -0.4 is 5.73 Å². The molecule has 0 saturated carbocycles. The summed E-state index contributed by atoms with van der Waals surface area (Å²) in [5.41, 5.74) is 6.01. The van der Waals surface area contributed by atoms with Crippen molar-refractivity contribution in [3.63, 3.8) is 0 Å². The molecule has 0 aliphatic carbocycles. The number of likely N-dealkylation sites (tertiary alicyclic amines) is 1. The molecule has 1 amide bonds. The predicted octanol–water partition coefficient (Wildman–Crippen LogP) is 2.71. The molecule has 3 nitrogen and oxygen atoms in total. The summed E-state index contributed by atoms with van der Waals surface area (Å²) in [6, 6.07) is 10.4. The number of hydrogen-bond donors (Lipinski definition) is 1. The van der Waals surface area contributed by atoms with Crippen molar-refractivity contribution in [2.45, 2.75) is 19.4 Å². The van der Waals surface area contributed by atoms with Crippen molar-refractivity contribution in [2.75, 3.05) is 13.1 Å². The number of benzene rings is 1. The molecule has 0 radical (unpaired) electrons. The topological polar surface area (TPSA) is 46.3 Å². The molecule has 0 spiro atoms. The highest BCUT2D eigenvalue weighted by molar-refractivity contribution is 7.20. The first-order valence-corrected chi connectivity index (χ1v) is 7.50. The Morgan fingerprint density at radius 1 is 1.42 bits per heavy atom. The summed E-state index contributed by atoms with van der Waals surface area (Å²) in [5.74, 6) is 0.534. The van der Waals surface area contributed by atoms with Crippen LogP contribution in [0, 0.1) is 5.92 Å². The molecule has 2 heterocycles. The Morgan fingerprint density at radius 3 is 2.95 bits per heavy atom. The van der Waals surface area contributed by atoms with Crippen molar-refractivity contribution < 1.29 is 4.79 Å². The molecule has 19 heavy (non-hydrogen) atoms. The second-order valence-electron chi connectivity index (χ2n) is 5.33. The standard InChI is InChI=1S/C15H18N2OS/c1-10-9-17(7-6-12(10)16)15(18)14-8-11-4-2-3-5-13(11)19-14/h2-5,8,10,12H,6-7,9,16H2,1H3. The van der Waals surface area contributed by atoms with Crippen molar-refractivity contribution in [3.8, 4) is 0 Å². The van der Waals surface area contributed by atoms with Gasteiger partial charge in [0.05, 0.1) is 4.88 Å². The third-order valence-corrected chi connectivity index (χ3v) is 5.00. The average Bonchev–Trinajstić information content (AvgIpc) is 2.85. The summed E-state index contributed by atoms with van der Waals surface area (Å²) < 4.78 is 1.17. The van der Waals surface area contributed by atoms with Crippen LogP contribution in [0.25, 0.3) is 10.1 Å². The van der Waals surface area contributed by atoms with E-state index < -0.39 is 0 Å². The summed E-state index contributed by atoms with van der Waals surface area (Å²) in [4.78, 5) is 15.3. The molecule has 2 unspecified atom stereocenters. The molecule has 1 saturated heterocycles. The van der Waals surface area contributed by atoms with Gasteiger partial charge in [0.15, 0.2) is 0 Å². The number of fused-ring (bicyclic) bond motifs is 1. The van der Waals surface area contributed by atoms with Crippen LogP contribution in [0.5, 0.6) is 0 Å². The SMILES string of the molecule is CC1CN(C(=O)c2cc3ccccc3s2)CCC1N. The van der Waals surface area contributed by atoms with E-state index in [1.165, 1.54) is 4.70 Å². The lowest BCUT2D eigenvalue weighted by Gasteiger charge is -2.34. The zero-order valence-electron chi connectivity index (χ0n) is 11.0. The zero-order valence-corrected chi connectivity index (χ0v) is 11.8. The summed E-state index contributed by atoms with van der Waals surface area (Å²) in [6.45, 7) is 3.67. The Kier molecular flexibility index (Phi) is 3.29. The highest BCUT2D eigenvalue weighted by atomic mass is 32.1. The molecule has 1 aromatic heterocycles. The second-order valence-corrected chi connectivity index (χ2v) is 6.41. The van der Waals surface area contributed by atoms with Crippen LogP contribution in [-0.2, 0) is 0 Å². The normalized spacial score (nSPS) is 23.8. The third kappa shape index (κ3) is 2.38. The maximum atomic E-state index is 12.5. The number of carbonyl (C=O) groups is 1. The summed E-state index contributed by atoms with van der Waals surface area (Å²) in [6.07, 6.45) is 0.901. The number of nitrogens with two attached hydrogens (primary N) is 1. The van der Waals surface area contributed by atoms with E-state index in [0.29, 0.717) is 5.92 Å². The number of amides is 1. The first-order valence-electron chi connectivity index (χ1n) is 6.68. The van der Waals surface area contributed by atoms with Crippen LogP contribution in [0.3, 0.4) is 0 Å². The number of rotatable bonds is 1. The number of hydrogen-bond acceptors (Lipinski definition) is 3. The monoisotopic (exact) mass is 274 g/mol. The first kappa shape index (κ1) is 12.6. The summed E-state index contributed by atoms with van der Waals surface area (Å²) >= 11 is 1.58. The lowest BCUT2D eigenvalue weighted by atomic mass is 9.95. The van der Waals surface area contributed by atoms with E-state index in [-0.39, 0.29) is 11.9 Å². The minimum atomic E-state index is 0.153. The van der Waals surface area contributed by atoms with E-state index in [2.05, 4.69) is 19.1 Å². The minimum Gasteiger partial charge on any atom is -0.338 e.